The molecule has 0 N–H and O–H groups in total. The molecule has 3 heteroatoms. The Morgan fingerprint density at radius 2 is 2.06 bits per heavy atom. The van der Waals surface area contributed by atoms with E-state index in [4.69, 9.17) is 4.74 Å². The van der Waals surface area contributed by atoms with Crippen LogP contribution >= 0.6 is 0 Å². The van der Waals surface area contributed by atoms with Gasteiger partial charge in [0.05, 0.1) is 5.56 Å². The summed E-state index contributed by atoms with van der Waals surface area (Å²) in [5.74, 6) is -0.0781. The first-order chi connectivity index (χ1) is 8.68. The Morgan fingerprint density at radius 3 is 2.83 bits per heavy atom. The second-order valence-electron chi connectivity index (χ2n) is 5.12. The van der Waals surface area contributed by atoms with Gasteiger partial charge in [0.1, 0.15) is 24.1 Å². The molecule has 3 nitrogen and oxygen atoms in total. The third-order valence-electron chi connectivity index (χ3n) is 3.95. The molecule has 18 heavy (non-hydrogen) atoms. The second-order valence-corrected chi connectivity index (χ2v) is 5.12. The van der Waals surface area contributed by atoms with E-state index >= 15 is 0 Å². The molecule has 1 aromatic rings. The van der Waals surface area contributed by atoms with E-state index in [9.17, 15) is 9.59 Å². The first-order valence-corrected chi connectivity index (χ1v) is 6.50. The van der Waals surface area contributed by atoms with E-state index < -0.39 is 5.92 Å². The van der Waals surface area contributed by atoms with Gasteiger partial charge in [0.25, 0.3) is 0 Å². The molecule has 3 rings (SSSR count). The molecule has 0 aromatic heterocycles. The van der Waals surface area contributed by atoms with Crippen molar-refractivity contribution >= 4 is 11.6 Å². The lowest BCUT2D eigenvalue weighted by molar-refractivity contribution is -0.120. The number of Topliss-reactive ketones (excluding diaryl/α,β-unsaturated/α-hetero) is 2. The molecule has 1 unspecified atom stereocenters. The van der Waals surface area contributed by atoms with Crippen LogP contribution in [0, 0.1) is 5.92 Å². The summed E-state index contributed by atoms with van der Waals surface area (Å²) in [5.41, 5.74) is 3.05. The van der Waals surface area contributed by atoms with Gasteiger partial charge in [-0.1, -0.05) is 6.07 Å². The van der Waals surface area contributed by atoms with Gasteiger partial charge in [-0.2, -0.15) is 0 Å². The maximum atomic E-state index is 12.4. The monoisotopic (exact) mass is 244 g/mol. The Bertz CT molecular complexity index is 531. The van der Waals surface area contributed by atoms with Crippen molar-refractivity contribution in [1.82, 2.24) is 0 Å². The minimum Gasteiger partial charge on any atom is -0.492 e. The summed E-state index contributed by atoms with van der Waals surface area (Å²) in [4.78, 5) is 23.9. The number of carbonyl (C=O) groups excluding carboxylic acids is 2. The molecule has 1 heterocycles. The van der Waals surface area contributed by atoms with Crippen molar-refractivity contribution in [2.45, 2.75) is 32.6 Å². The molecule has 1 aromatic carbocycles. The van der Waals surface area contributed by atoms with Crippen LogP contribution < -0.4 is 4.74 Å². The van der Waals surface area contributed by atoms with Crippen molar-refractivity contribution in [2.75, 3.05) is 6.61 Å². The number of hydrogen-bond acceptors (Lipinski definition) is 3. The standard InChI is InChI=1S/C15H16O3/c1-9(16)12-8-18-13-7-6-10-4-2-3-5-11(10)14(13)15(12)17/h6-7,12H,2-5,8H2,1H3. The van der Waals surface area contributed by atoms with Gasteiger partial charge in [0.15, 0.2) is 5.78 Å². The van der Waals surface area contributed by atoms with Gasteiger partial charge in [-0.05, 0) is 49.8 Å². The molecule has 1 aliphatic carbocycles. The van der Waals surface area contributed by atoms with Crippen LogP contribution in [0.15, 0.2) is 12.1 Å². The Labute approximate surface area is 106 Å². The summed E-state index contributed by atoms with van der Waals surface area (Å²) in [6.07, 6.45) is 4.25. The molecule has 0 amide bonds. The van der Waals surface area contributed by atoms with E-state index in [-0.39, 0.29) is 18.2 Å². The van der Waals surface area contributed by atoms with Gasteiger partial charge in [-0.15, -0.1) is 0 Å². The minimum absolute atomic E-state index is 0.0394. The zero-order valence-electron chi connectivity index (χ0n) is 10.5. The molecule has 0 saturated heterocycles. The number of benzene rings is 1. The summed E-state index contributed by atoms with van der Waals surface area (Å²) in [6.45, 7) is 1.66. The molecular formula is C15H16O3. The van der Waals surface area contributed by atoms with Crippen LogP contribution in [0.1, 0.15) is 41.3 Å². The highest BCUT2D eigenvalue weighted by atomic mass is 16.5. The quantitative estimate of drug-likeness (QED) is 0.712. The van der Waals surface area contributed by atoms with Gasteiger partial charge in [-0.25, -0.2) is 0 Å². The third kappa shape index (κ3) is 1.65. The number of fused-ring (bicyclic) bond motifs is 3. The van der Waals surface area contributed by atoms with Crippen LogP contribution in [0.2, 0.25) is 0 Å². The topological polar surface area (TPSA) is 43.4 Å². The number of ether oxygens (including phenoxy) is 1. The summed E-state index contributed by atoms with van der Waals surface area (Å²) < 4.78 is 5.59. The fraction of sp³-hybridized carbons (Fsp3) is 0.467. The number of rotatable bonds is 1. The largest absolute Gasteiger partial charge is 0.492 e. The van der Waals surface area contributed by atoms with Crippen molar-refractivity contribution in [1.29, 1.82) is 0 Å². The molecular weight excluding hydrogens is 228 g/mol. The minimum atomic E-state index is -0.606. The van der Waals surface area contributed by atoms with E-state index in [1.54, 1.807) is 0 Å². The zero-order chi connectivity index (χ0) is 12.7. The first kappa shape index (κ1) is 11.5. The van der Waals surface area contributed by atoms with Crippen LogP contribution in [0.3, 0.4) is 0 Å². The van der Waals surface area contributed by atoms with Gasteiger partial charge < -0.3 is 4.74 Å². The molecule has 1 atom stereocenters. The molecule has 0 fully saturated rings. The van der Waals surface area contributed by atoms with E-state index in [0.717, 1.165) is 24.8 Å². The maximum absolute atomic E-state index is 12.4. The smallest absolute Gasteiger partial charge is 0.180 e. The fourth-order valence-corrected chi connectivity index (χ4v) is 2.92. The average molecular weight is 244 g/mol. The molecule has 0 saturated carbocycles. The van der Waals surface area contributed by atoms with Gasteiger partial charge in [0.2, 0.25) is 0 Å². The van der Waals surface area contributed by atoms with Crippen molar-refractivity contribution < 1.29 is 14.3 Å². The van der Waals surface area contributed by atoms with Crippen molar-refractivity contribution in [3.63, 3.8) is 0 Å². The molecule has 2 aliphatic rings. The van der Waals surface area contributed by atoms with Gasteiger partial charge >= 0.3 is 0 Å². The molecule has 1 aliphatic heterocycles. The Morgan fingerprint density at radius 1 is 1.28 bits per heavy atom. The van der Waals surface area contributed by atoms with Crippen LogP contribution in [-0.2, 0) is 17.6 Å². The van der Waals surface area contributed by atoms with Crippen LogP contribution in [0.4, 0.5) is 0 Å². The van der Waals surface area contributed by atoms with Crippen molar-refractivity contribution in [3.05, 3.63) is 28.8 Å². The summed E-state index contributed by atoms with van der Waals surface area (Å²) >= 11 is 0. The molecule has 0 spiro atoms. The first-order valence-electron chi connectivity index (χ1n) is 6.50. The van der Waals surface area contributed by atoms with Gasteiger partial charge in [0, 0.05) is 0 Å². The highest BCUT2D eigenvalue weighted by Gasteiger charge is 2.34. The predicted octanol–water partition coefficient (Wildman–Crippen LogP) is 2.35. The fourth-order valence-electron chi connectivity index (χ4n) is 2.92. The average Bonchev–Trinajstić information content (AvgIpc) is 2.38. The maximum Gasteiger partial charge on any atom is 0.180 e. The van der Waals surface area contributed by atoms with Crippen molar-refractivity contribution in [3.8, 4) is 5.75 Å². The van der Waals surface area contributed by atoms with E-state index in [1.807, 2.05) is 6.07 Å². The van der Waals surface area contributed by atoms with E-state index in [2.05, 4.69) is 6.07 Å². The number of aryl methyl sites for hydroxylation is 1. The highest BCUT2D eigenvalue weighted by Crippen LogP contribution is 2.35. The Balaban J connectivity index is 2.12. The van der Waals surface area contributed by atoms with Gasteiger partial charge in [-0.3, -0.25) is 9.59 Å². The lowest BCUT2D eigenvalue weighted by Crippen LogP contribution is -2.34. The zero-order valence-corrected chi connectivity index (χ0v) is 10.5. The summed E-state index contributed by atoms with van der Waals surface area (Å²) in [6, 6.07) is 3.95. The predicted molar refractivity (Wildman–Crippen MR) is 67.1 cm³/mol. The Kier molecular flexibility index (Phi) is 2.69. The van der Waals surface area contributed by atoms with Crippen LogP contribution in [0.5, 0.6) is 5.75 Å². The van der Waals surface area contributed by atoms with Crippen LogP contribution in [0.25, 0.3) is 0 Å². The van der Waals surface area contributed by atoms with E-state index in [0.29, 0.717) is 11.3 Å². The number of carbonyl (C=O) groups is 2. The van der Waals surface area contributed by atoms with E-state index in [1.165, 1.54) is 18.9 Å². The second kappa shape index (κ2) is 4.23. The lowest BCUT2D eigenvalue weighted by atomic mass is 9.82. The summed E-state index contributed by atoms with van der Waals surface area (Å²) in [5, 5.41) is 0. The molecule has 0 bridgehead atoms. The highest BCUT2D eigenvalue weighted by molar-refractivity contribution is 6.13. The Hall–Kier alpha value is -1.64. The summed E-state index contributed by atoms with van der Waals surface area (Å²) in [7, 11) is 0. The normalized spacial score (nSPS) is 21.8. The lowest BCUT2D eigenvalue weighted by Gasteiger charge is -2.27. The SMILES string of the molecule is CC(=O)C1COc2ccc3c(c2C1=O)CCCC3. The third-order valence-corrected chi connectivity index (χ3v) is 3.95. The van der Waals surface area contributed by atoms with Crippen molar-refractivity contribution in [2.24, 2.45) is 5.92 Å². The molecule has 0 radical (unpaired) electrons. The van der Waals surface area contributed by atoms with Crippen LogP contribution in [-0.4, -0.2) is 18.2 Å². The molecule has 94 valence electrons. The number of ketones is 2. The number of hydrogen-bond donors (Lipinski definition) is 0.